The van der Waals surface area contributed by atoms with Gasteiger partial charge in [-0.3, -0.25) is 19.5 Å². The molecule has 0 radical (unpaired) electrons. The van der Waals surface area contributed by atoms with E-state index in [1.54, 1.807) is 18.3 Å². The Hall–Kier alpha value is -1.71. The molecule has 0 aliphatic carbocycles. The number of amides is 2. The zero-order chi connectivity index (χ0) is 11.9. The van der Waals surface area contributed by atoms with Gasteiger partial charge in [0.15, 0.2) is 0 Å². The first kappa shape index (κ1) is 10.8. The van der Waals surface area contributed by atoms with Crippen molar-refractivity contribution < 1.29 is 9.59 Å². The maximum atomic E-state index is 12.1. The second kappa shape index (κ2) is 3.40. The summed E-state index contributed by atoms with van der Waals surface area (Å²) in [5.41, 5.74) is 0.624. The first-order valence-corrected chi connectivity index (χ1v) is 5.22. The summed E-state index contributed by atoms with van der Waals surface area (Å²) in [6.45, 7) is 5.53. The molecule has 2 amide bonds. The first-order chi connectivity index (χ1) is 7.41. The summed E-state index contributed by atoms with van der Waals surface area (Å²) < 4.78 is 0. The number of hydrogen-bond donors (Lipinski definition) is 0. The lowest BCUT2D eigenvalue weighted by Crippen LogP contribution is -2.52. The van der Waals surface area contributed by atoms with Crippen LogP contribution in [0.5, 0.6) is 0 Å². The van der Waals surface area contributed by atoms with E-state index in [2.05, 4.69) is 4.98 Å². The minimum absolute atomic E-state index is 0.155. The quantitative estimate of drug-likeness (QED) is 0.618. The number of carbonyl (C=O) groups is 2. The zero-order valence-corrected chi connectivity index (χ0v) is 9.65. The van der Waals surface area contributed by atoms with Crippen molar-refractivity contribution in [1.29, 1.82) is 0 Å². The van der Waals surface area contributed by atoms with Gasteiger partial charge in [0.05, 0.1) is 6.42 Å². The van der Waals surface area contributed by atoms with Gasteiger partial charge in [-0.1, -0.05) is 6.07 Å². The van der Waals surface area contributed by atoms with Crippen LogP contribution in [-0.4, -0.2) is 27.2 Å². The van der Waals surface area contributed by atoms with Crippen molar-refractivity contribution in [2.45, 2.75) is 32.7 Å². The predicted octanol–water partition coefficient (Wildman–Crippen LogP) is 1.41. The number of pyridine rings is 1. The monoisotopic (exact) mass is 218 g/mol. The molecule has 2 rings (SSSR count). The molecule has 4 heteroatoms. The van der Waals surface area contributed by atoms with Crippen molar-refractivity contribution in [3.63, 3.8) is 0 Å². The lowest BCUT2D eigenvalue weighted by atomic mass is 9.97. The highest BCUT2D eigenvalue weighted by atomic mass is 16.2. The summed E-state index contributed by atoms with van der Waals surface area (Å²) in [6.07, 6.45) is 1.83. The highest BCUT2D eigenvalue weighted by Gasteiger charge is 2.38. The molecule has 0 fully saturated rings. The Balaban J connectivity index is 2.50. The second-order valence-corrected chi connectivity index (χ2v) is 4.89. The van der Waals surface area contributed by atoms with Crippen molar-refractivity contribution in [2.24, 2.45) is 0 Å². The molecular weight excluding hydrogens is 204 g/mol. The molecule has 2 heterocycles. The number of aromatic nitrogens is 1. The second-order valence-electron chi connectivity index (χ2n) is 4.89. The van der Waals surface area contributed by atoms with Gasteiger partial charge < -0.3 is 0 Å². The van der Waals surface area contributed by atoms with Crippen LogP contribution in [0.15, 0.2) is 18.3 Å². The van der Waals surface area contributed by atoms with Gasteiger partial charge >= 0.3 is 0 Å². The minimum Gasteiger partial charge on any atom is -0.274 e. The van der Waals surface area contributed by atoms with E-state index >= 15 is 0 Å². The Morgan fingerprint density at radius 1 is 1.31 bits per heavy atom. The van der Waals surface area contributed by atoms with Gasteiger partial charge in [0.25, 0.3) is 5.91 Å². The molecule has 0 N–H and O–H groups in total. The van der Waals surface area contributed by atoms with E-state index in [1.807, 2.05) is 20.8 Å². The smallest absolute Gasteiger partial charge is 0.274 e. The fourth-order valence-corrected chi connectivity index (χ4v) is 1.91. The Bertz CT molecular complexity index is 460. The number of hydrogen-bond acceptors (Lipinski definition) is 3. The normalized spacial score (nSPS) is 16.3. The van der Waals surface area contributed by atoms with Crippen molar-refractivity contribution in [3.05, 3.63) is 29.6 Å². The fourth-order valence-electron chi connectivity index (χ4n) is 1.91. The third-order valence-corrected chi connectivity index (χ3v) is 2.56. The van der Waals surface area contributed by atoms with Crippen LogP contribution >= 0.6 is 0 Å². The van der Waals surface area contributed by atoms with Crippen LogP contribution in [0.2, 0.25) is 0 Å². The summed E-state index contributed by atoms with van der Waals surface area (Å²) in [5, 5.41) is 0. The van der Waals surface area contributed by atoms with Crippen LogP contribution < -0.4 is 0 Å². The van der Waals surface area contributed by atoms with Gasteiger partial charge in [-0.25, -0.2) is 0 Å². The first-order valence-electron chi connectivity index (χ1n) is 5.22. The minimum atomic E-state index is -0.497. The molecule has 16 heavy (non-hydrogen) atoms. The van der Waals surface area contributed by atoms with Gasteiger partial charge in [0, 0.05) is 11.7 Å². The average molecular weight is 218 g/mol. The van der Waals surface area contributed by atoms with Gasteiger partial charge in [0.2, 0.25) is 5.91 Å². The zero-order valence-electron chi connectivity index (χ0n) is 9.65. The summed E-state index contributed by atoms with van der Waals surface area (Å²) in [5.74, 6) is -0.447. The van der Waals surface area contributed by atoms with Crippen LogP contribution in [0, 0.1) is 0 Å². The average Bonchev–Trinajstić information content (AvgIpc) is 2.15. The lowest BCUT2D eigenvalue weighted by Gasteiger charge is -2.36. The topological polar surface area (TPSA) is 50.3 Å². The maximum absolute atomic E-state index is 12.1. The molecule has 1 aromatic heterocycles. The molecule has 1 aromatic rings. The molecule has 1 aliphatic rings. The van der Waals surface area contributed by atoms with Gasteiger partial charge in [-0.15, -0.1) is 0 Å². The molecule has 0 spiro atoms. The van der Waals surface area contributed by atoms with Crippen molar-refractivity contribution in [2.75, 3.05) is 0 Å². The van der Waals surface area contributed by atoms with E-state index in [0.717, 1.165) is 5.56 Å². The Morgan fingerprint density at radius 3 is 2.62 bits per heavy atom. The number of carbonyl (C=O) groups excluding carboxylic acids is 2. The van der Waals surface area contributed by atoms with E-state index in [0.29, 0.717) is 5.69 Å². The molecule has 0 saturated carbocycles. The van der Waals surface area contributed by atoms with Crippen LogP contribution in [0.3, 0.4) is 0 Å². The molecule has 0 bridgehead atoms. The largest absolute Gasteiger partial charge is 0.279 e. The third-order valence-electron chi connectivity index (χ3n) is 2.56. The van der Waals surface area contributed by atoms with Crippen molar-refractivity contribution >= 4 is 11.8 Å². The SMILES string of the molecule is CC(C)(C)N1C(=O)Cc2cccnc2C1=O. The maximum Gasteiger partial charge on any atom is 0.279 e. The third kappa shape index (κ3) is 1.60. The Labute approximate surface area is 94.3 Å². The fraction of sp³-hybridized carbons (Fsp3) is 0.417. The molecule has 0 unspecified atom stereocenters. The summed E-state index contributed by atoms with van der Waals surface area (Å²) in [4.78, 5) is 29.4. The van der Waals surface area contributed by atoms with E-state index in [1.165, 1.54) is 4.90 Å². The number of rotatable bonds is 0. The summed E-state index contributed by atoms with van der Waals surface area (Å²) in [7, 11) is 0. The Morgan fingerprint density at radius 2 is 2.00 bits per heavy atom. The van der Waals surface area contributed by atoms with E-state index in [4.69, 9.17) is 0 Å². The van der Waals surface area contributed by atoms with Crippen LogP contribution in [0.25, 0.3) is 0 Å². The summed E-state index contributed by atoms with van der Waals surface area (Å²) >= 11 is 0. The highest BCUT2D eigenvalue weighted by Crippen LogP contribution is 2.24. The van der Waals surface area contributed by atoms with E-state index in [-0.39, 0.29) is 18.2 Å². The van der Waals surface area contributed by atoms with Crippen molar-refractivity contribution in [1.82, 2.24) is 9.88 Å². The van der Waals surface area contributed by atoms with Gasteiger partial charge in [0.1, 0.15) is 5.69 Å². The standard InChI is InChI=1S/C12H14N2O2/c1-12(2,3)14-9(15)7-8-5-4-6-13-10(8)11(14)16/h4-6H,7H2,1-3H3. The van der Waals surface area contributed by atoms with Gasteiger partial charge in [-0.05, 0) is 32.4 Å². The molecule has 0 atom stereocenters. The molecule has 0 aromatic carbocycles. The lowest BCUT2D eigenvalue weighted by molar-refractivity contribution is -0.132. The number of imide groups is 1. The highest BCUT2D eigenvalue weighted by molar-refractivity contribution is 6.09. The van der Waals surface area contributed by atoms with Crippen LogP contribution in [-0.2, 0) is 11.2 Å². The van der Waals surface area contributed by atoms with Gasteiger partial charge in [-0.2, -0.15) is 0 Å². The predicted molar refractivity (Wildman–Crippen MR) is 58.9 cm³/mol. The molecular formula is C12H14N2O2. The molecule has 1 aliphatic heterocycles. The number of nitrogens with zero attached hydrogens (tertiary/aromatic N) is 2. The molecule has 4 nitrogen and oxygen atoms in total. The summed E-state index contributed by atoms with van der Waals surface area (Å²) in [6, 6.07) is 3.52. The Kier molecular flexibility index (Phi) is 2.30. The van der Waals surface area contributed by atoms with Crippen molar-refractivity contribution in [3.8, 4) is 0 Å². The van der Waals surface area contributed by atoms with E-state index in [9.17, 15) is 9.59 Å². The van der Waals surface area contributed by atoms with E-state index < -0.39 is 5.54 Å². The molecule has 0 saturated heterocycles. The van der Waals surface area contributed by atoms with Crippen LogP contribution in [0.1, 0.15) is 36.8 Å². The number of fused-ring (bicyclic) bond motifs is 1. The van der Waals surface area contributed by atoms with Crippen LogP contribution in [0.4, 0.5) is 0 Å². The molecule has 84 valence electrons.